The number of aliphatic carboxylic acids is 1. The number of nitrogens with one attached hydrogen (secondary N) is 1. The average molecular weight is 245 g/mol. The van der Waals surface area contributed by atoms with E-state index in [0.717, 1.165) is 5.92 Å². The van der Waals surface area contributed by atoms with Gasteiger partial charge in [-0.3, -0.25) is 4.79 Å². The molecule has 1 saturated heterocycles. The minimum Gasteiger partial charge on any atom is -0.481 e. The zero-order valence-electron chi connectivity index (χ0n) is 10.4. The van der Waals surface area contributed by atoms with Crippen molar-refractivity contribution in [3.63, 3.8) is 0 Å². The van der Waals surface area contributed by atoms with E-state index in [0.29, 0.717) is 13.0 Å². The first-order chi connectivity index (χ1) is 8.74. The van der Waals surface area contributed by atoms with E-state index >= 15 is 0 Å². The van der Waals surface area contributed by atoms with Crippen molar-refractivity contribution < 1.29 is 9.90 Å². The Bertz CT molecular complexity index is 454. The van der Waals surface area contributed by atoms with E-state index < -0.39 is 5.97 Å². The van der Waals surface area contributed by atoms with Gasteiger partial charge in [0.15, 0.2) is 0 Å². The summed E-state index contributed by atoms with van der Waals surface area (Å²) in [7, 11) is 0. The SMILES string of the molecule is O=C(O)C1CNC(c2cccc(C3CCC3)c2)C1. The van der Waals surface area contributed by atoms with Crippen LogP contribution in [-0.2, 0) is 4.79 Å². The van der Waals surface area contributed by atoms with Gasteiger partial charge in [0, 0.05) is 12.6 Å². The van der Waals surface area contributed by atoms with Crippen molar-refractivity contribution in [2.45, 2.75) is 37.6 Å². The smallest absolute Gasteiger partial charge is 0.307 e. The number of carboxylic acids is 1. The van der Waals surface area contributed by atoms with Crippen molar-refractivity contribution >= 4 is 5.97 Å². The Balaban J connectivity index is 1.74. The van der Waals surface area contributed by atoms with Crippen molar-refractivity contribution in [1.82, 2.24) is 5.32 Å². The molecule has 18 heavy (non-hydrogen) atoms. The molecule has 0 aromatic heterocycles. The summed E-state index contributed by atoms with van der Waals surface area (Å²) in [5, 5.41) is 12.4. The molecule has 0 spiro atoms. The summed E-state index contributed by atoms with van der Waals surface area (Å²) in [6.45, 7) is 0.591. The lowest BCUT2D eigenvalue weighted by Gasteiger charge is -2.26. The summed E-state index contributed by atoms with van der Waals surface area (Å²) in [4.78, 5) is 11.0. The summed E-state index contributed by atoms with van der Waals surface area (Å²) in [5.74, 6) is -0.177. The van der Waals surface area contributed by atoms with Crippen LogP contribution < -0.4 is 5.32 Å². The number of benzene rings is 1. The van der Waals surface area contributed by atoms with Gasteiger partial charge in [-0.05, 0) is 36.3 Å². The predicted octanol–water partition coefficient (Wildman–Crippen LogP) is 2.69. The molecule has 2 unspecified atom stereocenters. The van der Waals surface area contributed by atoms with Crippen LogP contribution in [0.25, 0.3) is 0 Å². The number of carbonyl (C=O) groups is 1. The maximum Gasteiger partial charge on any atom is 0.307 e. The lowest BCUT2D eigenvalue weighted by molar-refractivity contribution is -0.141. The molecule has 3 heteroatoms. The normalized spacial score (nSPS) is 28.0. The van der Waals surface area contributed by atoms with Gasteiger partial charge < -0.3 is 10.4 Å². The first kappa shape index (κ1) is 11.7. The quantitative estimate of drug-likeness (QED) is 0.860. The van der Waals surface area contributed by atoms with Crippen LogP contribution in [0, 0.1) is 5.92 Å². The number of hydrogen-bond acceptors (Lipinski definition) is 2. The fourth-order valence-electron chi connectivity index (χ4n) is 2.95. The fourth-order valence-corrected chi connectivity index (χ4v) is 2.95. The minimum absolute atomic E-state index is 0.214. The van der Waals surface area contributed by atoms with E-state index in [1.54, 1.807) is 0 Å². The molecule has 2 fully saturated rings. The summed E-state index contributed by atoms with van der Waals surface area (Å²) < 4.78 is 0. The van der Waals surface area contributed by atoms with Gasteiger partial charge in [0.2, 0.25) is 0 Å². The van der Waals surface area contributed by atoms with Crippen LogP contribution in [-0.4, -0.2) is 17.6 Å². The van der Waals surface area contributed by atoms with E-state index in [-0.39, 0.29) is 12.0 Å². The van der Waals surface area contributed by atoms with Crippen LogP contribution in [0.3, 0.4) is 0 Å². The Hall–Kier alpha value is -1.35. The van der Waals surface area contributed by atoms with Crippen LogP contribution >= 0.6 is 0 Å². The van der Waals surface area contributed by atoms with Gasteiger partial charge in [0.25, 0.3) is 0 Å². The molecule has 1 aromatic rings. The first-order valence-corrected chi connectivity index (χ1v) is 6.80. The standard InChI is InChI=1S/C15H19NO2/c17-15(18)13-8-14(16-9-13)12-6-2-5-11(7-12)10-3-1-4-10/h2,5-7,10,13-14,16H,1,3-4,8-9H2,(H,17,18). The molecule has 0 bridgehead atoms. The number of rotatable bonds is 3. The second kappa shape index (κ2) is 4.73. The van der Waals surface area contributed by atoms with Gasteiger partial charge >= 0.3 is 5.97 Å². The molecule has 1 saturated carbocycles. The number of hydrogen-bond donors (Lipinski definition) is 2. The third-order valence-electron chi connectivity index (χ3n) is 4.37. The molecule has 0 amide bonds. The van der Waals surface area contributed by atoms with Gasteiger partial charge in [-0.1, -0.05) is 30.7 Å². The van der Waals surface area contributed by atoms with Gasteiger partial charge in [-0.25, -0.2) is 0 Å². The van der Waals surface area contributed by atoms with Gasteiger partial charge in [-0.15, -0.1) is 0 Å². The largest absolute Gasteiger partial charge is 0.481 e. The Morgan fingerprint density at radius 2 is 2.06 bits per heavy atom. The summed E-state index contributed by atoms with van der Waals surface area (Å²) in [6.07, 6.45) is 4.67. The maximum absolute atomic E-state index is 11.0. The maximum atomic E-state index is 11.0. The molecule has 1 aliphatic heterocycles. The molecule has 2 aliphatic rings. The highest BCUT2D eigenvalue weighted by Gasteiger charge is 2.30. The van der Waals surface area contributed by atoms with Crippen molar-refractivity contribution in [2.75, 3.05) is 6.54 Å². The summed E-state index contributed by atoms with van der Waals surface area (Å²) in [5.41, 5.74) is 2.68. The highest BCUT2D eigenvalue weighted by molar-refractivity contribution is 5.70. The lowest BCUT2D eigenvalue weighted by atomic mass is 9.79. The van der Waals surface area contributed by atoms with Crippen LogP contribution in [0.2, 0.25) is 0 Å². The van der Waals surface area contributed by atoms with Crippen molar-refractivity contribution in [2.24, 2.45) is 5.92 Å². The second-order valence-electron chi connectivity index (χ2n) is 5.53. The van der Waals surface area contributed by atoms with Gasteiger partial charge in [0.1, 0.15) is 0 Å². The molecule has 3 nitrogen and oxygen atoms in total. The van der Waals surface area contributed by atoms with E-state index in [2.05, 4.69) is 29.6 Å². The first-order valence-electron chi connectivity index (χ1n) is 6.80. The fraction of sp³-hybridized carbons (Fsp3) is 0.533. The zero-order valence-corrected chi connectivity index (χ0v) is 10.4. The highest BCUT2D eigenvalue weighted by Crippen LogP contribution is 2.37. The minimum atomic E-state index is -0.680. The molecule has 1 aromatic carbocycles. The predicted molar refractivity (Wildman–Crippen MR) is 69.5 cm³/mol. The van der Waals surface area contributed by atoms with Crippen LogP contribution in [0.5, 0.6) is 0 Å². The van der Waals surface area contributed by atoms with E-state index in [4.69, 9.17) is 5.11 Å². The number of carboxylic acid groups (broad SMARTS) is 1. The molecule has 96 valence electrons. The summed E-state index contributed by atoms with van der Waals surface area (Å²) in [6, 6.07) is 8.91. The molecule has 2 atom stereocenters. The molecule has 2 N–H and O–H groups in total. The Labute approximate surface area is 107 Å². The molecule has 1 heterocycles. The highest BCUT2D eigenvalue weighted by atomic mass is 16.4. The van der Waals surface area contributed by atoms with E-state index in [9.17, 15) is 4.79 Å². The molecular formula is C15H19NO2. The Morgan fingerprint density at radius 3 is 2.67 bits per heavy atom. The Kier molecular flexibility index (Phi) is 3.08. The summed E-state index contributed by atoms with van der Waals surface area (Å²) >= 11 is 0. The molecular weight excluding hydrogens is 226 g/mol. The van der Waals surface area contributed by atoms with Gasteiger partial charge in [-0.2, -0.15) is 0 Å². The second-order valence-corrected chi connectivity index (χ2v) is 5.53. The van der Waals surface area contributed by atoms with Crippen LogP contribution in [0.1, 0.15) is 48.8 Å². The lowest BCUT2D eigenvalue weighted by Crippen LogP contribution is -2.17. The van der Waals surface area contributed by atoms with Crippen molar-refractivity contribution in [3.05, 3.63) is 35.4 Å². The Morgan fingerprint density at radius 1 is 1.28 bits per heavy atom. The topological polar surface area (TPSA) is 49.3 Å². The average Bonchev–Trinajstić information content (AvgIpc) is 2.76. The third kappa shape index (κ3) is 2.15. The molecule has 0 radical (unpaired) electrons. The van der Waals surface area contributed by atoms with Crippen LogP contribution in [0.4, 0.5) is 0 Å². The van der Waals surface area contributed by atoms with E-state index in [1.807, 2.05) is 0 Å². The zero-order chi connectivity index (χ0) is 12.5. The van der Waals surface area contributed by atoms with Crippen LogP contribution in [0.15, 0.2) is 24.3 Å². The molecule has 1 aliphatic carbocycles. The monoisotopic (exact) mass is 245 g/mol. The third-order valence-corrected chi connectivity index (χ3v) is 4.37. The van der Waals surface area contributed by atoms with Crippen molar-refractivity contribution in [3.8, 4) is 0 Å². The van der Waals surface area contributed by atoms with Crippen molar-refractivity contribution in [1.29, 1.82) is 0 Å². The molecule has 3 rings (SSSR count). The van der Waals surface area contributed by atoms with Gasteiger partial charge in [0.05, 0.1) is 5.92 Å². The van der Waals surface area contributed by atoms with E-state index in [1.165, 1.54) is 30.4 Å².